The van der Waals surface area contributed by atoms with Crippen molar-refractivity contribution in [2.75, 3.05) is 34.4 Å². The molecule has 1 heterocycles. The van der Waals surface area contributed by atoms with Gasteiger partial charge in [0.2, 0.25) is 0 Å². The number of hydrogen-bond acceptors (Lipinski definition) is 6. The number of methoxy groups -OCH3 is 2. The van der Waals surface area contributed by atoms with Crippen LogP contribution in [0.25, 0.3) is 0 Å². The molecular formula is C18H23N3O5. The normalized spacial score (nSPS) is 10.5. The molecule has 1 aromatic carbocycles. The van der Waals surface area contributed by atoms with Gasteiger partial charge in [-0.05, 0) is 43.3 Å². The van der Waals surface area contributed by atoms with Crippen molar-refractivity contribution in [1.29, 1.82) is 0 Å². The maximum Gasteiger partial charge on any atom is 0.305 e. The van der Waals surface area contributed by atoms with Gasteiger partial charge in [-0.25, -0.2) is 0 Å². The molecule has 0 bridgehead atoms. The van der Waals surface area contributed by atoms with E-state index in [4.69, 9.17) is 13.9 Å². The third-order valence-electron chi connectivity index (χ3n) is 3.70. The molecule has 2 rings (SSSR count). The Bertz CT molecular complexity index is 730. The van der Waals surface area contributed by atoms with E-state index in [1.54, 1.807) is 20.3 Å². The van der Waals surface area contributed by atoms with Gasteiger partial charge in [0, 0.05) is 6.54 Å². The molecule has 2 N–H and O–H groups in total. The van der Waals surface area contributed by atoms with Crippen molar-refractivity contribution < 1.29 is 23.5 Å². The summed E-state index contributed by atoms with van der Waals surface area (Å²) < 4.78 is 15.4. The van der Waals surface area contributed by atoms with E-state index in [-0.39, 0.29) is 18.2 Å². The zero-order chi connectivity index (χ0) is 18.9. The first kappa shape index (κ1) is 19.3. The average molecular weight is 361 g/mol. The lowest BCUT2D eigenvalue weighted by molar-refractivity contribution is -0.122. The van der Waals surface area contributed by atoms with Crippen LogP contribution in [0.2, 0.25) is 0 Å². The van der Waals surface area contributed by atoms with E-state index < -0.39 is 5.91 Å². The standard InChI is InChI=1S/C18H23N3O5/c1-21(9-8-13-6-7-14(24-2)16(11-13)25-3)12-17(22)19-20-18(23)15-5-4-10-26-15/h4-7,10-11H,8-9,12H2,1-3H3,(H,19,22)(H,20,23). The maximum absolute atomic E-state index is 11.9. The second-order valence-electron chi connectivity index (χ2n) is 5.66. The number of carbonyl (C=O) groups excluding carboxylic acids is 2. The Morgan fingerprint density at radius 1 is 1.12 bits per heavy atom. The molecule has 0 aliphatic carbocycles. The highest BCUT2D eigenvalue weighted by Gasteiger charge is 2.11. The molecule has 8 heteroatoms. The summed E-state index contributed by atoms with van der Waals surface area (Å²) >= 11 is 0. The number of furan rings is 1. The van der Waals surface area contributed by atoms with Gasteiger partial charge in [0.25, 0.3) is 5.91 Å². The van der Waals surface area contributed by atoms with Crippen LogP contribution < -0.4 is 20.3 Å². The highest BCUT2D eigenvalue weighted by atomic mass is 16.5. The lowest BCUT2D eigenvalue weighted by Gasteiger charge is -2.17. The predicted molar refractivity (Wildman–Crippen MR) is 95.1 cm³/mol. The molecule has 0 radical (unpaired) electrons. The number of ether oxygens (including phenoxy) is 2. The number of amides is 2. The van der Waals surface area contributed by atoms with Gasteiger partial charge in [-0.3, -0.25) is 25.3 Å². The van der Waals surface area contributed by atoms with Gasteiger partial charge < -0.3 is 13.9 Å². The zero-order valence-electron chi connectivity index (χ0n) is 15.1. The molecule has 140 valence electrons. The monoisotopic (exact) mass is 361 g/mol. The molecule has 0 unspecified atom stereocenters. The highest BCUT2D eigenvalue weighted by molar-refractivity contribution is 5.93. The Kier molecular flexibility index (Phi) is 7.04. The smallest absolute Gasteiger partial charge is 0.305 e. The second-order valence-corrected chi connectivity index (χ2v) is 5.66. The second kappa shape index (κ2) is 9.47. The van der Waals surface area contributed by atoms with E-state index >= 15 is 0 Å². The number of hydrazine groups is 1. The number of benzene rings is 1. The van der Waals surface area contributed by atoms with E-state index in [1.807, 2.05) is 30.1 Å². The van der Waals surface area contributed by atoms with Gasteiger partial charge in [0.05, 0.1) is 27.0 Å². The first-order valence-corrected chi connectivity index (χ1v) is 8.05. The number of carbonyl (C=O) groups is 2. The summed E-state index contributed by atoms with van der Waals surface area (Å²) in [6.07, 6.45) is 2.13. The minimum Gasteiger partial charge on any atom is -0.493 e. The summed E-state index contributed by atoms with van der Waals surface area (Å²) in [6, 6.07) is 8.83. The van der Waals surface area contributed by atoms with Crippen molar-refractivity contribution in [3.8, 4) is 11.5 Å². The predicted octanol–water partition coefficient (Wildman–Crippen LogP) is 1.23. The maximum atomic E-state index is 11.9. The fourth-order valence-corrected chi connectivity index (χ4v) is 2.32. The van der Waals surface area contributed by atoms with Crippen LogP contribution in [0, 0.1) is 0 Å². The van der Waals surface area contributed by atoms with Crippen LogP contribution in [0.3, 0.4) is 0 Å². The zero-order valence-corrected chi connectivity index (χ0v) is 15.1. The van der Waals surface area contributed by atoms with Gasteiger partial charge in [-0.1, -0.05) is 6.07 Å². The fourth-order valence-electron chi connectivity index (χ4n) is 2.32. The van der Waals surface area contributed by atoms with Crippen LogP contribution in [-0.2, 0) is 11.2 Å². The first-order valence-electron chi connectivity index (χ1n) is 8.05. The van der Waals surface area contributed by atoms with Crippen molar-refractivity contribution in [2.45, 2.75) is 6.42 Å². The van der Waals surface area contributed by atoms with Crippen LogP contribution in [-0.4, -0.2) is 51.1 Å². The van der Waals surface area contributed by atoms with Gasteiger partial charge >= 0.3 is 5.91 Å². The van der Waals surface area contributed by atoms with Crippen LogP contribution in [0.5, 0.6) is 11.5 Å². The van der Waals surface area contributed by atoms with Gasteiger partial charge in [0.15, 0.2) is 17.3 Å². The topological polar surface area (TPSA) is 93.0 Å². The SMILES string of the molecule is COc1ccc(CCN(C)CC(=O)NNC(=O)c2ccco2)cc1OC. The number of nitrogens with zero attached hydrogens (tertiary/aromatic N) is 1. The fraction of sp³-hybridized carbons (Fsp3) is 0.333. The summed E-state index contributed by atoms with van der Waals surface area (Å²) in [5.74, 6) is 0.658. The van der Waals surface area contributed by atoms with Crippen LogP contribution >= 0.6 is 0 Å². The molecule has 8 nitrogen and oxygen atoms in total. The first-order chi connectivity index (χ1) is 12.5. The van der Waals surface area contributed by atoms with E-state index in [2.05, 4.69) is 10.9 Å². The van der Waals surface area contributed by atoms with E-state index in [1.165, 1.54) is 12.3 Å². The molecule has 0 saturated heterocycles. The van der Waals surface area contributed by atoms with Crippen LogP contribution in [0.15, 0.2) is 41.0 Å². The van der Waals surface area contributed by atoms with Gasteiger partial charge in [-0.2, -0.15) is 0 Å². The van der Waals surface area contributed by atoms with Crippen molar-refractivity contribution in [1.82, 2.24) is 15.8 Å². The lowest BCUT2D eigenvalue weighted by atomic mass is 10.1. The molecule has 2 amide bonds. The third-order valence-corrected chi connectivity index (χ3v) is 3.70. The Balaban J connectivity index is 1.75. The Morgan fingerprint density at radius 2 is 1.88 bits per heavy atom. The van der Waals surface area contributed by atoms with Crippen molar-refractivity contribution in [2.24, 2.45) is 0 Å². The number of likely N-dealkylation sites (N-methyl/N-ethyl adjacent to an activating group) is 1. The minimum absolute atomic E-state index is 0.132. The highest BCUT2D eigenvalue weighted by Crippen LogP contribution is 2.27. The Hall–Kier alpha value is -3.00. The minimum atomic E-state index is -0.503. The van der Waals surface area contributed by atoms with Crippen molar-refractivity contribution >= 4 is 11.8 Å². The van der Waals surface area contributed by atoms with Crippen LogP contribution in [0.4, 0.5) is 0 Å². The summed E-state index contributed by atoms with van der Waals surface area (Å²) in [7, 11) is 5.01. The van der Waals surface area contributed by atoms with Gasteiger partial charge in [-0.15, -0.1) is 0 Å². The number of hydrogen-bond donors (Lipinski definition) is 2. The summed E-state index contributed by atoms with van der Waals surface area (Å²) in [5.41, 5.74) is 5.73. The van der Waals surface area contributed by atoms with Crippen molar-refractivity contribution in [3.05, 3.63) is 47.9 Å². The molecule has 2 aromatic rings. The number of nitrogens with one attached hydrogen (secondary N) is 2. The molecular weight excluding hydrogens is 338 g/mol. The molecule has 0 aliphatic heterocycles. The Morgan fingerprint density at radius 3 is 2.54 bits per heavy atom. The van der Waals surface area contributed by atoms with E-state index in [0.717, 1.165) is 12.0 Å². The third kappa shape index (κ3) is 5.52. The molecule has 0 aliphatic rings. The summed E-state index contributed by atoms with van der Waals surface area (Å²) in [4.78, 5) is 25.4. The molecule has 0 fully saturated rings. The van der Waals surface area contributed by atoms with Crippen molar-refractivity contribution in [3.63, 3.8) is 0 Å². The molecule has 0 atom stereocenters. The quantitative estimate of drug-likeness (QED) is 0.687. The molecule has 0 spiro atoms. The Labute approximate surface area is 152 Å². The van der Waals surface area contributed by atoms with E-state index in [0.29, 0.717) is 18.0 Å². The molecule has 1 aromatic heterocycles. The molecule has 0 saturated carbocycles. The summed E-state index contributed by atoms with van der Waals surface area (Å²) in [5, 5.41) is 0. The number of rotatable bonds is 8. The van der Waals surface area contributed by atoms with Crippen LogP contribution in [0.1, 0.15) is 16.1 Å². The lowest BCUT2D eigenvalue weighted by Crippen LogP contribution is -2.45. The summed E-state index contributed by atoms with van der Waals surface area (Å²) in [6.45, 7) is 0.806. The molecule has 26 heavy (non-hydrogen) atoms. The largest absolute Gasteiger partial charge is 0.493 e. The van der Waals surface area contributed by atoms with E-state index in [9.17, 15) is 9.59 Å². The van der Waals surface area contributed by atoms with Gasteiger partial charge in [0.1, 0.15) is 0 Å². The average Bonchev–Trinajstić information content (AvgIpc) is 3.19.